The number of ether oxygens (including phenoxy) is 1. The third kappa shape index (κ3) is 3.87. The molecule has 2 nitrogen and oxygen atoms in total. The molecule has 4 saturated carbocycles. The second kappa shape index (κ2) is 9.07. The van der Waals surface area contributed by atoms with Crippen molar-refractivity contribution in [1.29, 1.82) is 0 Å². The first-order valence-corrected chi connectivity index (χ1v) is 14.9. The molecule has 0 aliphatic heterocycles. The van der Waals surface area contributed by atoms with E-state index in [1.165, 1.54) is 35.2 Å². The minimum atomic E-state index is -2.26. The molecule has 4 aliphatic carbocycles. The van der Waals surface area contributed by atoms with Gasteiger partial charge in [-0.05, 0) is 92.7 Å². The van der Waals surface area contributed by atoms with Crippen LogP contribution in [0.25, 0.3) is 0 Å². The van der Waals surface area contributed by atoms with Gasteiger partial charge < -0.3 is 4.74 Å². The molecule has 4 fully saturated rings. The molecule has 3 aromatic rings. The van der Waals surface area contributed by atoms with Crippen LogP contribution in [-0.2, 0) is 9.53 Å². The van der Waals surface area contributed by atoms with E-state index in [0.717, 1.165) is 42.6 Å². The maximum atomic E-state index is 13.7. The summed E-state index contributed by atoms with van der Waals surface area (Å²) in [6.07, 6.45) is 7.47. The molecule has 0 N–H and O–H groups in total. The van der Waals surface area contributed by atoms with Gasteiger partial charge in [0.15, 0.2) is 0 Å². The van der Waals surface area contributed by atoms with Crippen molar-refractivity contribution >= 4 is 29.1 Å². The van der Waals surface area contributed by atoms with E-state index in [1.807, 2.05) is 0 Å². The summed E-state index contributed by atoms with van der Waals surface area (Å²) < 4.78 is 5.57. The third-order valence-electron chi connectivity index (χ3n) is 8.83. The molecule has 0 atom stereocenters. The minimum absolute atomic E-state index is 0.0502. The molecular weight excluding hydrogens is 447 g/mol. The number of benzene rings is 3. The first-order chi connectivity index (χ1) is 17.1. The highest BCUT2D eigenvalue weighted by Gasteiger charge is 2.56. The second-order valence-electron chi connectivity index (χ2n) is 11.0. The van der Waals surface area contributed by atoms with Crippen LogP contribution in [0.1, 0.15) is 38.5 Å². The molecule has 0 amide bonds. The van der Waals surface area contributed by atoms with Gasteiger partial charge in [0, 0.05) is 5.41 Å². The smallest absolute Gasteiger partial charge is 0.337 e. The van der Waals surface area contributed by atoms with Crippen molar-refractivity contribution in [2.45, 2.75) is 38.5 Å². The summed E-state index contributed by atoms with van der Waals surface area (Å²) in [6, 6.07) is 32.5. The summed E-state index contributed by atoms with van der Waals surface area (Å²) in [4.78, 5) is 13.7. The largest absolute Gasteiger partial charge is 0.466 e. The van der Waals surface area contributed by atoms with Crippen LogP contribution in [0, 0.1) is 23.2 Å². The molecule has 35 heavy (non-hydrogen) atoms. The van der Waals surface area contributed by atoms with E-state index in [0.29, 0.717) is 0 Å². The normalized spacial score (nSPS) is 27.6. The average Bonchev–Trinajstić information content (AvgIpc) is 2.90. The second-order valence-corrected chi connectivity index (χ2v) is 14.2. The predicted octanol–water partition coefficient (Wildman–Crippen LogP) is 6.25. The van der Waals surface area contributed by atoms with Crippen molar-refractivity contribution in [3.8, 4) is 0 Å². The molecule has 0 aromatic heterocycles. The Morgan fingerprint density at radius 3 is 1.43 bits per heavy atom. The van der Waals surface area contributed by atoms with Crippen LogP contribution in [0.15, 0.2) is 102 Å². The number of methoxy groups -OCH3 is 1. The number of rotatable bonds is 6. The Morgan fingerprint density at radius 1 is 0.714 bits per heavy atom. The molecule has 0 spiro atoms. The van der Waals surface area contributed by atoms with E-state index in [2.05, 4.69) is 96.8 Å². The van der Waals surface area contributed by atoms with Gasteiger partial charge in [-0.3, -0.25) is 0 Å². The van der Waals surface area contributed by atoms with E-state index in [-0.39, 0.29) is 11.4 Å². The molecule has 0 unspecified atom stereocenters. The molecule has 0 radical (unpaired) electrons. The van der Waals surface area contributed by atoms with Crippen molar-refractivity contribution in [2.75, 3.05) is 7.11 Å². The molecule has 178 valence electrons. The molecule has 3 heteroatoms. The van der Waals surface area contributed by atoms with Gasteiger partial charge in [-0.15, -0.1) is 0 Å². The van der Waals surface area contributed by atoms with Crippen LogP contribution in [0.3, 0.4) is 0 Å². The van der Waals surface area contributed by atoms with Gasteiger partial charge >= 0.3 is 5.97 Å². The van der Waals surface area contributed by atoms with Crippen LogP contribution in [-0.4, -0.2) is 13.1 Å². The number of hydrogen-bond acceptors (Lipinski definition) is 2. The molecule has 4 bridgehead atoms. The molecular formula is C32H34O2P+. The van der Waals surface area contributed by atoms with Crippen molar-refractivity contribution in [2.24, 2.45) is 23.2 Å². The summed E-state index contributed by atoms with van der Waals surface area (Å²) in [5, 5.41) is 3.84. The molecule has 0 saturated heterocycles. The zero-order chi connectivity index (χ0) is 23.9. The Kier molecular flexibility index (Phi) is 5.89. The average molecular weight is 482 g/mol. The SMILES string of the molecule is COC(=O)C(=C[P+](c1ccccc1)(c1ccccc1)c1ccccc1)C12CC3CC(CC(C3)C1)C2. The van der Waals surface area contributed by atoms with Crippen molar-refractivity contribution in [3.05, 3.63) is 102 Å². The van der Waals surface area contributed by atoms with Crippen molar-refractivity contribution in [1.82, 2.24) is 0 Å². The van der Waals surface area contributed by atoms with Crippen molar-refractivity contribution in [3.63, 3.8) is 0 Å². The first-order valence-electron chi connectivity index (χ1n) is 13.0. The van der Waals surface area contributed by atoms with Crippen LogP contribution in [0.4, 0.5) is 0 Å². The lowest BCUT2D eigenvalue weighted by molar-refractivity contribution is -0.140. The highest BCUT2D eigenvalue weighted by atomic mass is 31.2. The summed E-state index contributed by atoms with van der Waals surface area (Å²) >= 11 is 0. The first kappa shape index (κ1) is 22.7. The molecule has 4 aliphatic rings. The van der Waals surface area contributed by atoms with E-state index in [9.17, 15) is 4.79 Å². The van der Waals surface area contributed by atoms with E-state index in [4.69, 9.17) is 4.74 Å². The third-order valence-corrected chi connectivity index (χ3v) is 12.8. The summed E-state index contributed by atoms with van der Waals surface area (Å²) in [6.45, 7) is 0. The standard InChI is InChI=1S/C32H34O2P/c1-34-31(33)30(32-20-24-17-25(21-32)19-26(18-24)22-32)23-35(27-11-5-2-6-12-27,28-13-7-3-8-14-28)29-15-9-4-10-16-29/h2-16,23-26H,17-22H2,1H3/q+1. The van der Waals surface area contributed by atoms with Gasteiger partial charge in [0.05, 0.1) is 18.5 Å². The highest BCUT2D eigenvalue weighted by molar-refractivity contribution is 7.98. The topological polar surface area (TPSA) is 26.3 Å². The number of carbonyl (C=O) groups excluding carboxylic acids is 1. The number of carbonyl (C=O) groups is 1. The summed E-state index contributed by atoms with van der Waals surface area (Å²) in [7, 11) is -0.702. The van der Waals surface area contributed by atoms with Gasteiger partial charge in [-0.2, -0.15) is 0 Å². The fraction of sp³-hybridized carbons (Fsp3) is 0.344. The molecule has 3 aromatic carbocycles. The van der Waals surface area contributed by atoms with Crippen LogP contribution in [0.5, 0.6) is 0 Å². The van der Waals surface area contributed by atoms with E-state index < -0.39 is 7.26 Å². The molecule has 7 rings (SSSR count). The van der Waals surface area contributed by atoms with E-state index in [1.54, 1.807) is 7.11 Å². The number of esters is 1. The maximum absolute atomic E-state index is 13.7. The zero-order valence-electron chi connectivity index (χ0n) is 20.5. The Morgan fingerprint density at radius 2 is 1.09 bits per heavy atom. The lowest BCUT2D eigenvalue weighted by Gasteiger charge is -2.57. The van der Waals surface area contributed by atoms with Crippen LogP contribution >= 0.6 is 7.26 Å². The monoisotopic (exact) mass is 481 g/mol. The van der Waals surface area contributed by atoms with E-state index >= 15 is 0 Å². The zero-order valence-corrected chi connectivity index (χ0v) is 21.4. The fourth-order valence-electron chi connectivity index (χ4n) is 7.81. The lowest BCUT2D eigenvalue weighted by atomic mass is 9.48. The van der Waals surface area contributed by atoms with Gasteiger partial charge in [0.25, 0.3) is 0 Å². The Balaban J connectivity index is 1.64. The summed E-state index contributed by atoms with van der Waals surface area (Å²) in [5.41, 5.74) is 0.898. The van der Waals surface area contributed by atoms with Gasteiger partial charge in [-0.1, -0.05) is 54.6 Å². The Labute approximate surface area is 209 Å². The quantitative estimate of drug-likeness (QED) is 0.236. The minimum Gasteiger partial charge on any atom is -0.466 e. The highest BCUT2D eigenvalue weighted by Crippen LogP contribution is 2.66. The van der Waals surface area contributed by atoms with Crippen LogP contribution in [0.2, 0.25) is 0 Å². The Bertz CT molecular complexity index is 1080. The number of hydrogen-bond donors (Lipinski definition) is 0. The van der Waals surface area contributed by atoms with Gasteiger partial charge in [-0.25, -0.2) is 4.79 Å². The van der Waals surface area contributed by atoms with Gasteiger partial charge in [0.2, 0.25) is 0 Å². The fourth-order valence-corrected chi connectivity index (χ4v) is 11.8. The Hall–Kier alpha value is -2.70. The summed E-state index contributed by atoms with van der Waals surface area (Å²) in [5.74, 6) is 4.57. The maximum Gasteiger partial charge on any atom is 0.337 e. The predicted molar refractivity (Wildman–Crippen MR) is 146 cm³/mol. The molecule has 0 heterocycles. The van der Waals surface area contributed by atoms with Crippen molar-refractivity contribution < 1.29 is 9.53 Å². The lowest BCUT2D eigenvalue weighted by Crippen LogP contribution is -2.48. The van der Waals surface area contributed by atoms with Crippen LogP contribution < -0.4 is 15.9 Å². The van der Waals surface area contributed by atoms with Gasteiger partial charge in [0.1, 0.15) is 23.2 Å².